The molecule has 2 rings (SSSR count). The van der Waals surface area contributed by atoms with E-state index in [2.05, 4.69) is 26.5 Å². The Hall–Kier alpha value is -2.59. The number of nitrogens with one attached hydrogen (secondary N) is 1. The maximum atomic E-state index is 12.2. The number of phenols is 1. The quantitative estimate of drug-likeness (QED) is 0.477. The van der Waals surface area contributed by atoms with Crippen LogP contribution >= 0.6 is 15.9 Å². The number of halogens is 1. The van der Waals surface area contributed by atoms with Gasteiger partial charge in [-0.3, -0.25) is 9.10 Å². The van der Waals surface area contributed by atoms with Gasteiger partial charge in [0.2, 0.25) is 10.0 Å². The number of anilines is 1. The maximum Gasteiger partial charge on any atom is 0.260 e. The summed E-state index contributed by atoms with van der Waals surface area (Å²) in [4.78, 5) is 12.2. The number of sulfonamides is 1. The van der Waals surface area contributed by atoms with E-state index in [1.54, 1.807) is 30.3 Å². The molecule has 0 atom stereocenters. The fourth-order valence-electron chi connectivity index (χ4n) is 2.28. The predicted molar refractivity (Wildman–Crippen MR) is 111 cm³/mol. The fraction of sp³-hybridized carbons (Fsp3) is 0.222. The minimum absolute atomic E-state index is 0.0504. The van der Waals surface area contributed by atoms with E-state index in [9.17, 15) is 18.3 Å². The smallest absolute Gasteiger partial charge is 0.260 e. The Morgan fingerprint density at radius 1 is 1.32 bits per heavy atom. The lowest BCUT2D eigenvalue weighted by Gasteiger charge is -2.21. The molecule has 0 aliphatic rings. The molecule has 28 heavy (non-hydrogen) atoms. The van der Waals surface area contributed by atoms with Crippen molar-refractivity contribution >= 4 is 43.8 Å². The molecule has 0 unspecified atom stereocenters. The van der Waals surface area contributed by atoms with Crippen molar-refractivity contribution < 1.29 is 23.1 Å². The van der Waals surface area contributed by atoms with E-state index in [0.717, 1.165) is 16.1 Å². The van der Waals surface area contributed by atoms with Crippen LogP contribution in [-0.2, 0) is 14.8 Å². The van der Waals surface area contributed by atoms with E-state index in [1.807, 2.05) is 6.92 Å². The molecule has 8 nitrogen and oxygen atoms in total. The third kappa shape index (κ3) is 5.70. The summed E-state index contributed by atoms with van der Waals surface area (Å²) in [6.45, 7) is 1.47. The van der Waals surface area contributed by atoms with Crippen molar-refractivity contribution in [3.8, 4) is 11.5 Å². The predicted octanol–water partition coefficient (Wildman–Crippen LogP) is 2.39. The highest BCUT2D eigenvalue weighted by atomic mass is 79.9. The molecule has 0 aliphatic carbocycles. The Labute approximate surface area is 172 Å². The minimum atomic E-state index is -3.65. The SMILES string of the molecule is COc1cc(/C=N\NC(=O)CN(c2ccc(C)cc2)S(C)(=O)=O)cc(Br)c1O. The van der Waals surface area contributed by atoms with E-state index in [4.69, 9.17) is 4.74 Å². The van der Waals surface area contributed by atoms with E-state index in [1.165, 1.54) is 19.4 Å². The average Bonchev–Trinajstić information content (AvgIpc) is 2.62. The number of phenolic OH excluding ortho intramolecular Hbond substituents is 1. The summed E-state index contributed by atoms with van der Waals surface area (Å²) < 4.78 is 30.5. The molecule has 10 heteroatoms. The molecule has 0 saturated carbocycles. The number of aryl methyl sites for hydroxylation is 1. The lowest BCUT2D eigenvalue weighted by molar-refractivity contribution is -0.119. The summed E-state index contributed by atoms with van der Waals surface area (Å²) in [6.07, 6.45) is 2.38. The van der Waals surface area contributed by atoms with Crippen LogP contribution < -0.4 is 14.5 Å². The van der Waals surface area contributed by atoms with Gasteiger partial charge in [0.15, 0.2) is 11.5 Å². The number of carbonyl (C=O) groups excluding carboxylic acids is 1. The first kappa shape index (κ1) is 21.7. The van der Waals surface area contributed by atoms with Crippen molar-refractivity contribution in [2.24, 2.45) is 5.10 Å². The number of amides is 1. The molecule has 2 aromatic rings. The highest BCUT2D eigenvalue weighted by Crippen LogP contribution is 2.34. The third-order valence-electron chi connectivity index (χ3n) is 3.68. The van der Waals surface area contributed by atoms with Gasteiger partial charge < -0.3 is 9.84 Å². The van der Waals surface area contributed by atoms with Crippen molar-refractivity contribution in [2.45, 2.75) is 6.92 Å². The zero-order valence-electron chi connectivity index (χ0n) is 15.5. The maximum absolute atomic E-state index is 12.2. The summed E-state index contributed by atoms with van der Waals surface area (Å²) in [5.74, 6) is -0.414. The Kier molecular flexibility index (Phi) is 7.03. The van der Waals surface area contributed by atoms with Crippen LogP contribution in [0.5, 0.6) is 11.5 Å². The van der Waals surface area contributed by atoms with Crippen LogP contribution in [0.1, 0.15) is 11.1 Å². The van der Waals surface area contributed by atoms with E-state index >= 15 is 0 Å². The van der Waals surface area contributed by atoms with Gasteiger partial charge in [0, 0.05) is 0 Å². The van der Waals surface area contributed by atoms with Gasteiger partial charge in [0.05, 0.1) is 29.7 Å². The van der Waals surface area contributed by atoms with Gasteiger partial charge in [0.1, 0.15) is 6.54 Å². The number of nitrogens with zero attached hydrogens (tertiary/aromatic N) is 2. The first-order valence-corrected chi connectivity index (χ1v) is 10.7. The van der Waals surface area contributed by atoms with Crippen molar-refractivity contribution in [1.82, 2.24) is 5.43 Å². The second kappa shape index (κ2) is 9.07. The molecule has 0 spiro atoms. The van der Waals surface area contributed by atoms with Crippen molar-refractivity contribution in [3.05, 3.63) is 52.0 Å². The van der Waals surface area contributed by atoms with Gasteiger partial charge in [-0.25, -0.2) is 13.8 Å². The van der Waals surface area contributed by atoms with Gasteiger partial charge >= 0.3 is 0 Å². The number of aromatic hydroxyl groups is 1. The number of carbonyl (C=O) groups is 1. The van der Waals surface area contributed by atoms with Gasteiger partial charge in [-0.1, -0.05) is 17.7 Å². The zero-order valence-corrected chi connectivity index (χ0v) is 17.9. The highest BCUT2D eigenvalue weighted by Gasteiger charge is 2.20. The van der Waals surface area contributed by atoms with Gasteiger partial charge in [-0.15, -0.1) is 0 Å². The molecule has 2 N–H and O–H groups in total. The fourth-order valence-corrected chi connectivity index (χ4v) is 3.60. The monoisotopic (exact) mass is 469 g/mol. The van der Waals surface area contributed by atoms with Crippen molar-refractivity contribution in [3.63, 3.8) is 0 Å². The molecule has 2 aromatic carbocycles. The lowest BCUT2D eigenvalue weighted by Crippen LogP contribution is -2.39. The first-order chi connectivity index (χ1) is 13.1. The number of ether oxygens (including phenoxy) is 1. The van der Waals surface area contributed by atoms with Crippen LogP contribution in [0.3, 0.4) is 0 Å². The summed E-state index contributed by atoms with van der Waals surface area (Å²) in [5.41, 5.74) is 4.21. The van der Waals surface area contributed by atoms with Crippen LogP contribution in [0, 0.1) is 6.92 Å². The number of methoxy groups -OCH3 is 1. The molecule has 0 aromatic heterocycles. The molecule has 0 aliphatic heterocycles. The molecular weight excluding hydrogens is 450 g/mol. The minimum Gasteiger partial charge on any atom is -0.503 e. The lowest BCUT2D eigenvalue weighted by atomic mass is 10.2. The number of hydrogen-bond acceptors (Lipinski definition) is 6. The van der Waals surface area contributed by atoms with Crippen LogP contribution in [0.15, 0.2) is 46.0 Å². The van der Waals surface area contributed by atoms with Gasteiger partial charge in [-0.2, -0.15) is 5.10 Å². The summed E-state index contributed by atoms with van der Waals surface area (Å²) in [7, 11) is -2.24. The van der Waals surface area contributed by atoms with Crippen molar-refractivity contribution in [2.75, 3.05) is 24.2 Å². The molecular formula is C18H20BrN3O5S. The molecule has 0 radical (unpaired) electrons. The van der Waals surface area contributed by atoms with E-state index < -0.39 is 22.5 Å². The third-order valence-corrected chi connectivity index (χ3v) is 5.43. The second-order valence-electron chi connectivity index (χ2n) is 5.95. The summed E-state index contributed by atoms with van der Waals surface area (Å²) >= 11 is 3.19. The van der Waals surface area contributed by atoms with Crippen molar-refractivity contribution in [1.29, 1.82) is 0 Å². The molecule has 0 fully saturated rings. The number of rotatable bonds is 7. The molecule has 1 amide bonds. The largest absolute Gasteiger partial charge is 0.503 e. The Morgan fingerprint density at radius 3 is 2.54 bits per heavy atom. The Morgan fingerprint density at radius 2 is 1.96 bits per heavy atom. The van der Waals surface area contributed by atoms with Crippen LogP contribution in [0.4, 0.5) is 5.69 Å². The van der Waals surface area contributed by atoms with E-state index in [-0.39, 0.29) is 11.5 Å². The molecule has 150 valence electrons. The Bertz CT molecular complexity index is 991. The van der Waals surface area contributed by atoms with Crippen LogP contribution in [0.25, 0.3) is 0 Å². The highest BCUT2D eigenvalue weighted by molar-refractivity contribution is 9.10. The topological polar surface area (TPSA) is 108 Å². The summed E-state index contributed by atoms with van der Waals surface area (Å²) in [5, 5.41) is 13.6. The molecule has 0 bridgehead atoms. The Balaban J connectivity index is 2.10. The normalized spacial score (nSPS) is 11.4. The molecule has 0 saturated heterocycles. The van der Waals surface area contributed by atoms with E-state index in [0.29, 0.717) is 15.7 Å². The van der Waals surface area contributed by atoms with Crippen LogP contribution in [0.2, 0.25) is 0 Å². The van der Waals surface area contributed by atoms with Gasteiger partial charge in [-0.05, 0) is 52.7 Å². The van der Waals surface area contributed by atoms with Crippen LogP contribution in [-0.4, -0.2) is 45.6 Å². The average molecular weight is 470 g/mol. The summed E-state index contributed by atoms with van der Waals surface area (Å²) in [6, 6.07) is 9.91. The number of benzene rings is 2. The zero-order chi connectivity index (χ0) is 20.9. The van der Waals surface area contributed by atoms with Gasteiger partial charge in [0.25, 0.3) is 5.91 Å². The second-order valence-corrected chi connectivity index (χ2v) is 8.71. The molecule has 0 heterocycles. The number of hydrazone groups is 1. The number of hydrogen-bond donors (Lipinski definition) is 2. The standard InChI is InChI=1S/C18H20BrN3O5S/c1-12-4-6-14(7-5-12)22(28(3,25)26)11-17(23)21-20-10-13-8-15(19)18(24)16(9-13)27-2/h4-10,24H,11H2,1-3H3,(H,21,23)/b20-10-. The first-order valence-electron chi connectivity index (χ1n) is 8.04.